The number of anilines is 1. The number of benzene rings is 1. The van der Waals surface area contributed by atoms with Crippen LogP contribution in [0.2, 0.25) is 5.02 Å². The first-order valence-corrected chi connectivity index (χ1v) is 6.51. The number of aliphatic hydroxyl groups is 1. The third kappa shape index (κ3) is 3.02. The molecular formula is C13H15ClN2O4. The van der Waals surface area contributed by atoms with Crippen LogP contribution in [0.4, 0.5) is 10.5 Å². The van der Waals surface area contributed by atoms with E-state index in [0.29, 0.717) is 10.7 Å². The summed E-state index contributed by atoms with van der Waals surface area (Å²) in [6.45, 7) is 1.85. The van der Waals surface area contributed by atoms with Crippen LogP contribution in [-0.2, 0) is 4.79 Å². The van der Waals surface area contributed by atoms with Crippen LogP contribution in [0.3, 0.4) is 0 Å². The average Bonchev–Trinajstić information content (AvgIpc) is 2.76. The van der Waals surface area contributed by atoms with E-state index in [1.54, 1.807) is 18.2 Å². The van der Waals surface area contributed by atoms with Gasteiger partial charge in [-0.1, -0.05) is 17.7 Å². The van der Waals surface area contributed by atoms with Crippen molar-refractivity contribution in [3.63, 3.8) is 0 Å². The molecule has 1 fully saturated rings. The standard InChI is InChI=1S/C13H15ClN2O4/c1-7-2-3-9(14)10(4-7)15-13(20)16-6-8(17)5-11(16)12(18)19/h2-4,8,11,17H,5-6H2,1H3,(H,15,20)(H,18,19)/t8-,11+/m1/s1. The molecular weight excluding hydrogens is 284 g/mol. The van der Waals surface area contributed by atoms with Crippen LogP contribution in [0.5, 0.6) is 0 Å². The van der Waals surface area contributed by atoms with Crippen molar-refractivity contribution in [2.45, 2.75) is 25.5 Å². The van der Waals surface area contributed by atoms with E-state index in [-0.39, 0.29) is 13.0 Å². The lowest BCUT2D eigenvalue weighted by Gasteiger charge is -2.22. The van der Waals surface area contributed by atoms with Gasteiger partial charge in [0.1, 0.15) is 6.04 Å². The third-order valence-corrected chi connectivity index (χ3v) is 3.52. The minimum atomic E-state index is -1.13. The summed E-state index contributed by atoms with van der Waals surface area (Å²) in [6.07, 6.45) is -0.792. The molecule has 0 aliphatic carbocycles. The fourth-order valence-electron chi connectivity index (χ4n) is 2.19. The minimum Gasteiger partial charge on any atom is -0.480 e. The van der Waals surface area contributed by atoms with Gasteiger partial charge in [-0.2, -0.15) is 0 Å². The molecule has 2 amide bonds. The second kappa shape index (κ2) is 5.68. The molecule has 0 aromatic heterocycles. The molecule has 1 aromatic rings. The zero-order chi connectivity index (χ0) is 14.9. The predicted octanol–water partition coefficient (Wildman–Crippen LogP) is 1.70. The van der Waals surface area contributed by atoms with E-state index in [1.165, 1.54) is 0 Å². The van der Waals surface area contributed by atoms with Gasteiger partial charge in [0, 0.05) is 13.0 Å². The number of nitrogens with zero attached hydrogens (tertiary/aromatic N) is 1. The molecule has 2 atom stereocenters. The lowest BCUT2D eigenvalue weighted by Crippen LogP contribution is -2.43. The largest absolute Gasteiger partial charge is 0.480 e. The number of halogens is 1. The van der Waals surface area contributed by atoms with Crippen molar-refractivity contribution >= 4 is 29.3 Å². The van der Waals surface area contributed by atoms with Crippen LogP contribution < -0.4 is 5.32 Å². The van der Waals surface area contributed by atoms with Gasteiger partial charge in [-0.05, 0) is 24.6 Å². The number of rotatable bonds is 2. The first-order valence-electron chi connectivity index (χ1n) is 6.13. The van der Waals surface area contributed by atoms with Crippen molar-refractivity contribution in [1.29, 1.82) is 0 Å². The van der Waals surface area contributed by atoms with Gasteiger partial charge in [0.25, 0.3) is 0 Å². The summed E-state index contributed by atoms with van der Waals surface area (Å²) in [4.78, 5) is 24.3. The Kier molecular flexibility index (Phi) is 4.15. The van der Waals surface area contributed by atoms with Gasteiger partial charge >= 0.3 is 12.0 Å². The molecule has 1 saturated heterocycles. The van der Waals surface area contributed by atoms with Gasteiger partial charge in [-0.25, -0.2) is 9.59 Å². The average molecular weight is 299 g/mol. The van der Waals surface area contributed by atoms with Gasteiger partial charge in [-0.15, -0.1) is 0 Å². The Labute approximate surface area is 121 Å². The number of likely N-dealkylation sites (tertiary alicyclic amines) is 1. The zero-order valence-corrected chi connectivity index (χ0v) is 11.6. The van der Waals surface area contributed by atoms with E-state index in [2.05, 4.69) is 5.32 Å². The van der Waals surface area contributed by atoms with Crippen LogP contribution >= 0.6 is 11.6 Å². The van der Waals surface area contributed by atoms with E-state index in [4.69, 9.17) is 16.7 Å². The lowest BCUT2D eigenvalue weighted by atomic mass is 10.2. The van der Waals surface area contributed by atoms with Gasteiger partial charge in [0.2, 0.25) is 0 Å². The second-order valence-electron chi connectivity index (χ2n) is 4.81. The lowest BCUT2D eigenvalue weighted by molar-refractivity contribution is -0.141. The molecule has 6 nitrogen and oxygen atoms in total. The molecule has 3 N–H and O–H groups in total. The minimum absolute atomic E-state index is 0.00770. The molecule has 0 spiro atoms. The molecule has 0 saturated carbocycles. The van der Waals surface area contributed by atoms with Crippen molar-refractivity contribution in [2.24, 2.45) is 0 Å². The Hall–Kier alpha value is -1.79. The van der Waals surface area contributed by atoms with Gasteiger partial charge in [0.05, 0.1) is 16.8 Å². The van der Waals surface area contributed by atoms with E-state index in [0.717, 1.165) is 10.5 Å². The highest BCUT2D eigenvalue weighted by molar-refractivity contribution is 6.33. The Bertz CT molecular complexity index is 549. The Morgan fingerprint density at radius 3 is 2.80 bits per heavy atom. The Morgan fingerprint density at radius 1 is 1.45 bits per heavy atom. The van der Waals surface area contributed by atoms with Crippen molar-refractivity contribution in [1.82, 2.24) is 4.90 Å². The molecule has 0 bridgehead atoms. The summed E-state index contributed by atoms with van der Waals surface area (Å²) in [6, 6.07) is 3.55. The first kappa shape index (κ1) is 14.6. The third-order valence-electron chi connectivity index (χ3n) is 3.19. The molecule has 108 valence electrons. The summed E-state index contributed by atoms with van der Waals surface area (Å²) < 4.78 is 0. The monoisotopic (exact) mass is 298 g/mol. The van der Waals surface area contributed by atoms with E-state index in [1.807, 2.05) is 6.92 Å². The number of aliphatic hydroxyl groups excluding tert-OH is 1. The molecule has 7 heteroatoms. The highest BCUT2D eigenvalue weighted by Crippen LogP contribution is 2.25. The van der Waals surface area contributed by atoms with E-state index >= 15 is 0 Å². The molecule has 1 aliphatic rings. The highest BCUT2D eigenvalue weighted by Gasteiger charge is 2.39. The highest BCUT2D eigenvalue weighted by atomic mass is 35.5. The van der Waals surface area contributed by atoms with Crippen LogP contribution in [-0.4, -0.2) is 45.8 Å². The second-order valence-corrected chi connectivity index (χ2v) is 5.22. The predicted molar refractivity (Wildman–Crippen MR) is 74.0 cm³/mol. The fraction of sp³-hybridized carbons (Fsp3) is 0.385. The Morgan fingerprint density at radius 2 is 2.15 bits per heavy atom. The van der Waals surface area contributed by atoms with Gasteiger partial charge in [-0.3, -0.25) is 0 Å². The molecule has 0 radical (unpaired) electrons. The number of carboxylic acids is 1. The number of urea groups is 1. The number of β-amino-alcohol motifs (C(OH)–C–C–N with tert-alkyl or cyclic N) is 1. The maximum atomic E-state index is 12.1. The summed E-state index contributed by atoms with van der Waals surface area (Å²) in [5.41, 5.74) is 1.34. The number of carboxylic acid groups (broad SMARTS) is 1. The fourth-order valence-corrected chi connectivity index (χ4v) is 2.36. The zero-order valence-electron chi connectivity index (χ0n) is 10.8. The van der Waals surface area contributed by atoms with Crippen LogP contribution in [0, 0.1) is 6.92 Å². The summed E-state index contributed by atoms with van der Waals surface area (Å²) in [5.74, 6) is -1.13. The molecule has 0 unspecified atom stereocenters. The van der Waals surface area contributed by atoms with Gasteiger partial charge in [0.15, 0.2) is 0 Å². The number of hydrogen-bond donors (Lipinski definition) is 3. The number of hydrogen-bond acceptors (Lipinski definition) is 3. The van der Waals surface area contributed by atoms with Crippen molar-refractivity contribution in [3.05, 3.63) is 28.8 Å². The molecule has 20 heavy (non-hydrogen) atoms. The molecule has 2 rings (SSSR count). The van der Waals surface area contributed by atoms with Crippen molar-refractivity contribution in [3.8, 4) is 0 Å². The Balaban J connectivity index is 2.15. The molecule has 1 aromatic carbocycles. The number of aryl methyl sites for hydroxylation is 1. The van der Waals surface area contributed by atoms with Crippen LogP contribution in [0.25, 0.3) is 0 Å². The maximum Gasteiger partial charge on any atom is 0.326 e. The first-order chi connectivity index (χ1) is 9.38. The van der Waals surface area contributed by atoms with E-state index in [9.17, 15) is 14.7 Å². The number of nitrogens with one attached hydrogen (secondary N) is 1. The number of carbonyl (C=O) groups is 2. The summed E-state index contributed by atoms with van der Waals surface area (Å²) in [5, 5.41) is 21.5. The van der Waals surface area contributed by atoms with Gasteiger partial charge < -0.3 is 20.4 Å². The quantitative estimate of drug-likeness (QED) is 0.775. The normalized spacial score (nSPS) is 21.9. The number of carbonyl (C=O) groups excluding carboxylic acids is 1. The summed E-state index contributed by atoms with van der Waals surface area (Å²) >= 11 is 5.98. The molecule has 1 aliphatic heterocycles. The summed E-state index contributed by atoms with van der Waals surface area (Å²) in [7, 11) is 0. The van der Waals surface area contributed by atoms with Crippen LogP contribution in [0.1, 0.15) is 12.0 Å². The maximum absolute atomic E-state index is 12.1. The van der Waals surface area contributed by atoms with E-state index < -0.39 is 24.1 Å². The number of amides is 2. The smallest absolute Gasteiger partial charge is 0.326 e. The molecule has 1 heterocycles. The topological polar surface area (TPSA) is 89.9 Å². The van der Waals surface area contributed by atoms with Crippen LogP contribution in [0.15, 0.2) is 18.2 Å². The van der Waals surface area contributed by atoms with Crippen molar-refractivity contribution < 1.29 is 19.8 Å². The number of aliphatic carboxylic acids is 1. The van der Waals surface area contributed by atoms with Crippen molar-refractivity contribution in [2.75, 3.05) is 11.9 Å². The SMILES string of the molecule is Cc1ccc(Cl)c(NC(=O)N2C[C@H](O)C[C@H]2C(=O)O)c1.